The van der Waals surface area contributed by atoms with Gasteiger partial charge in [-0.25, -0.2) is 8.78 Å². The molecule has 1 amide bonds. The summed E-state index contributed by atoms with van der Waals surface area (Å²) in [7, 11) is 0. The number of nitrogens with two attached hydrogens (primary N) is 1. The molecule has 0 aliphatic heterocycles. The highest BCUT2D eigenvalue weighted by Crippen LogP contribution is 2.27. The first kappa shape index (κ1) is 16.2. The summed E-state index contributed by atoms with van der Waals surface area (Å²) in [6.45, 7) is 1.81. The van der Waals surface area contributed by atoms with Crippen molar-refractivity contribution in [1.82, 2.24) is 5.32 Å². The standard InChI is InChI=1S/C15H20F2N2OS/c1-15(14(18)20,19-11-4-5-11)7-2-8-21-13-9-10(16)3-6-12(13)17/h3,6,9,11,19H,2,4-5,7-8H2,1H3,(H2,18,20). The van der Waals surface area contributed by atoms with Crippen molar-refractivity contribution in [3.63, 3.8) is 0 Å². The van der Waals surface area contributed by atoms with Crippen LogP contribution >= 0.6 is 11.8 Å². The molecule has 1 unspecified atom stereocenters. The second-order valence-corrected chi connectivity index (χ2v) is 6.78. The van der Waals surface area contributed by atoms with E-state index in [-0.39, 0.29) is 5.91 Å². The molecule has 3 nitrogen and oxygen atoms in total. The summed E-state index contributed by atoms with van der Waals surface area (Å²) in [5.74, 6) is -0.627. The molecule has 6 heteroatoms. The van der Waals surface area contributed by atoms with Crippen LogP contribution in [0.1, 0.15) is 32.6 Å². The molecule has 3 N–H and O–H groups in total. The molecular formula is C15H20F2N2OS. The molecule has 1 aromatic rings. The Kier molecular flexibility index (Phi) is 5.22. The van der Waals surface area contributed by atoms with Crippen molar-refractivity contribution < 1.29 is 13.6 Å². The molecule has 0 heterocycles. The number of rotatable bonds is 8. The first-order chi connectivity index (χ1) is 9.90. The Labute approximate surface area is 127 Å². The van der Waals surface area contributed by atoms with E-state index in [1.807, 2.05) is 0 Å². The Bertz CT molecular complexity index is 522. The second kappa shape index (κ2) is 6.75. The topological polar surface area (TPSA) is 55.1 Å². The zero-order valence-corrected chi connectivity index (χ0v) is 12.8. The van der Waals surface area contributed by atoms with E-state index in [1.165, 1.54) is 17.8 Å². The van der Waals surface area contributed by atoms with Crippen LogP contribution in [0, 0.1) is 11.6 Å². The van der Waals surface area contributed by atoms with Crippen LogP contribution in [0.25, 0.3) is 0 Å². The largest absolute Gasteiger partial charge is 0.368 e. The molecule has 0 radical (unpaired) electrons. The van der Waals surface area contributed by atoms with Gasteiger partial charge in [0, 0.05) is 10.9 Å². The Morgan fingerprint density at radius 3 is 2.81 bits per heavy atom. The molecule has 116 valence electrons. The fourth-order valence-corrected chi connectivity index (χ4v) is 3.05. The van der Waals surface area contributed by atoms with E-state index in [9.17, 15) is 13.6 Å². The van der Waals surface area contributed by atoms with E-state index >= 15 is 0 Å². The van der Waals surface area contributed by atoms with Gasteiger partial charge in [-0.15, -0.1) is 11.8 Å². The number of primary amides is 1. The van der Waals surface area contributed by atoms with Gasteiger partial charge in [-0.3, -0.25) is 4.79 Å². The van der Waals surface area contributed by atoms with Gasteiger partial charge in [-0.05, 0) is 56.6 Å². The van der Waals surface area contributed by atoms with E-state index in [2.05, 4.69) is 5.32 Å². The Morgan fingerprint density at radius 1 is 1.48 bits per heavy atom. The fraction of sp³-hybridized carbons (Fsp3) is 0.533. The van der Waals surface area contributed by atoms with Crippen LogP contribution in [0.15, 0.2) is 23.1 Å². The van der Waals surface area contributed by atoms with Crippen LogP contribution in [-0.2, 0) is 4.79 Å². The van der Waals surface area contributed by atoms with Gasteiger partial charge in [-0.2, -0.15) is 0 Å². The molecule has 0 spiro atoms. The molecule has 0 saturated heterocycles. The number of halogens is 2. The first-order valence-electron chi connectivity index (χ1n) is 7.06. The molecule has 1 aliphatic rings. The number of benzene rings is 1. The zero-order chi connectivity index (χ0) is 15.5. The fourth-order valence-electron chi connectivity index (χ4n) is 2.14. The van der Waals surface area contributed by atoms with E-state index < -0.39 is 17.2 Å². The number of nitrogens with one attached hydrogen (secondary N) is 1. The molecule has 1 fully saturated rings. The summed E-state index contributed by atoms with van der Waals surface area (Å²) < 4.78 is 26.5. The average molecular weight is 314 g/mol. The third-order valence-electron chi connectivity index (χ3n) is 3.62. The van der Waals surface area contributed by atoms with Crippen LogP contribution in [0.4, 0.5) is 8.78 Å². The molecule has 0 bridgehead atoms. The Balaban J connectivity index is 1.82. The van der Waals surface area contributed by atoms with Gasteiger partial charge in [0.2, 0.25) is 5.91 Å². The second-order valence-electron chi connectivity index (χ2n) is 5.64. The molecule has 0 aromatic heterocycles. The average Bonchev–Trinajstić information content (AvgIpc) is 3.22. The normalized spacial score (nSPS) is 17.5. The van der Waals surface area contributed by atoms with Crippen LogP contribution in [-0.4, -0.2) is 23.2 Å². The molecular weight excluding hydrogens is 294 g/mol. The predicted octanol–water partition coefficient (Wildman–Crippen LogP) is 2.83. The third kappa shape index (κ3) is 4.68. The lowest BCUT2D eigenvalue weighted by atomic mass is 9.95. The van der Waals surface area contributed by atoms with Gasteiger partial charge >= 0.3 is 0 Å². The van der Waals surface area contributed by atoms with E-state index in [0.29, 0.717) is 29.5 Å². The van der Waals surface area contributed by atoms with E-state index in [1.54, 1.807) is 6.92 Å². The maximum Gasteiger partial charge on any atom is 0.237 e. The van der Waals surface area contributed by atoms with Crippen LogP contribution in [0.3, 0.4) is 0 Å². The Morgan fingerprint density at radius 2 is 2.19 bits per heavy atom. The van der Waals surface area contributed by atoms with Crippen molar-refractivity contribution in [1.29, 1.82) is 0 Å². The quantitative estimate of drug-likeness (QED) is 0.573. The number of hydrogen-bond donors (Lipinski definition) is 2. The number of carbonyl (C=O) groups excluding carboxylic acids is 1. The summed E-state index contributed by atoms with van der Waals surface area (Å²) >= 11 is 1.25. The van der Waals surface area contributed by atoms with Crippen LogP contribution in [0.5, 0.6) is 0 Å². The van der Waals surface area contributed by atoms with Crippen molar-refractivity contribution in [2.24, 2.45) is 5.73 Å². The number of hydrogen-bond acceptors (Lipinski definition) is 3. The lowest BCUT2D eigenvalue weighted by molar-refractivity contribution is -0.124. The molecule has 1 saturated carbocycles. The van der Waals surface area contributed by atoms with E-state index in [0.717, 1.165) is 25.0 Å². The van der Waals surface area contributed by atoms with Crippen molar-refractivity contribution in [2.75, 3.05) is 5.75 Å². The number of carbonyl (C=O) groups is 1. The molecule has 1 aliphatic carbocycles. The van der Waals surface area contributed by atoms with Crippen molar-refractivity contribution >= 4 is 17.7 Å². The highest BCUT2D eigenvalue weighted by molar-refractivity contribution is 7.99. The third-order valence-corrected chi connectivity index (χ3v) is 4.73. The summed E-state index contributed by atoms with van der Waals surface area (Å²) in [4.78, 5) is 11.9. The Hall–Kier alpha value is -1.14. The molecule has 2 rings (SSSR count). The zero-order valence-electron chi connectivity index (χ0n) is 12.0. The van der Waals surface area contributed by atoms with Crippen molar-refractivity contribution in [2.45, 2.75) is 49.1 Å². The lowest BCUT2D eigenvalue weighted by Crippen LogP contribution is -2.54. The van der Waals surface area contributed by atoms with Gasteiger partial charge in [0.25, 0.3) is 0 Å². The monoisotopic (exact) mass is 314 g/mol. The van der Waals surface area contributed by atoms with Gasteiger partial charge in [0.05, 0.1) is 5.54 Å². The minimum Gasteiger partial charge on any atom is -0.368 e. The van der Waals surface area contributed by atoms with Gasteiger partial charge in [-0.1, -0.05) is 0 Å². The summed E-state index contributed by atoms with van der Waals surface area (Å²) in [5, 5.41) is 3.27. The lowest BCUT2D eigenvalue weighted by Gasteiger charge is -2.27. The van der Waals surface area contributed by atoms with Crippen LogP contribution < -0.4 is 11.1 Å². The highest BCUT2D eigenvalue weighted by Gasteiger charge is 2.36. The van der Waals surface area contributed by atoms with Gasteiger partial charge < -0.3 is 11.1 Å². The summed E-state index contributed by atoms with van der Waals surface area (Å²) in [6.07, 6.45) is 3.43. The molecule has 1 atom stereocenters. The summed E-state index contributed by atoms with van der Waals surface area (Å²) in [5.41, 5.74) is 4.75. The minimum atomic E-state index is -0.720. The summed E-state index contributed by atoms with van der Waals surface area (Å²) in [6, 6.07) is 3.80. The maximum absolute atomic E-state index is 13.5. The first-order valence-corrected chi connectivity index (χ1v) is 8.05. The number of thioether (sulfide) groups is 1. The van der Waals surface area contributed by atoms with Gasteiger partial charge in [0.1, 0.15) is 11.6 Å². The van der Waals surface area contributed by atoms with E-state index in [4.69, 9.17) is 5.73 Å². The van der Waals surface area contributed by atoms with Crippen molar-refractivity contribution in [3.05, 3.63) is 29.8 Å². The van der Waals surface area contributed by atoms with Gasteiger partial charge in [0.15, 0.2) is 0 Å². The van der Waals surface area contributed by atoms with Crippen LogP contribution in [0.2, 0.25) is 0 Å². The predicted molar refractivity (Wildman–Crippen MR) is 80.1 cm³/mol. The van der Waals surface area contributed by atoms with Crippen molar-refractivity contribution in [3.8, 4) is 0 Å². The SMILES string of the molecule is CC(CCCSc1cc(F)ccc1F)(NC1CC1)C(N)=O. The maximum atomic E-state index is 13.5. The molecule has 21 heavy (non-hydrogen) atoms. The highest BCUT2D eigenvalue weighted by atomic mass is 32.2. The smallest absolute Gasteiger partial charge is 0.237 e. The molecule has 1 aromatic carbocycles. The minimum absolute atomic E-state index is 0.297. The number of amides is 1.